The molecule has 2 saturated heterocycles. The maximum absolute atomic E-state index is 12.9. The molecule has 0 saturated carbocycles. The Labute approximate surface area is 200 Å². The van der Waals surface area contributed by atoms with Crippen molar-refractivity contribution in [3.63, 3.8) is 0 Å². The van der Waals surface area contributed by atoms with E-state index >= 15 is 0 Å². The Morgan fingerprint density at radius 3 is 2.71 bits per heavy atom. The first-order chi connectivity index (χ1) is 16.4. The Balaban J connectivity index is 1.33. The third-order valence-electron chi connectivity index (χ3n) is 7.11. The van der Waals surface area contributed by atoms with Crippen LogP contribution >= 0.6 is 0 Å². The molecule has 9 nitrogen and oxygen atoms in total. The number of hydrogen-bond donors (Lipinski definition) is 1. The van der Waals surface area contributed by atoms with Crippen LogP contribution in [0.2, 0.25) is 0 Å². The second kappa shape index (κ2) is 10.5. The smallest absolute Gasteiger partial charge is 0.255 e. The van der Waals surface area contributed by atoms with Crippen LogP contribution in [0.5, 0.6) is 5.75 Å². The Kier molecular flexibility index (Phi) is 7.50. The first-order valence-electron chi connectivity index (χ1n) is 12.4. The lowest BCUT2D eigenvalue weighted by molar-refractivity contribution is -0.137. The largest absolute Gasteiger partial charge is 0.493 e. The molecule has 3 aliphatic heterocycles. The van der Waals surface area contributed by atoms with Gasteiger partial charge in [0, 0.05) is 37.2 Å². The number of hydrogen-bond acceptors (Lipinski definition) is 6. The maximum Gasteiger partial charge on any atom is 0.255 e. The molecule has 0 radical (unpaired) electrons. The summed E-state index contributed by atoms with van der Waals surface area (Å²) in [6.07, 6.45) is 3.28. The molecule has 1 unspecified atom stereocenters. The fourth-order valence-corrected chi connectivity index (χ4v) is 5.26. The van der Waals surface area contributed by atoms with E-state index in [1.54, 1.807) is 12.1 Å². The molecule has 3 aliphatic rings. The quantitative estimate of drug-likeness (QED) is 0.434. The van der Waals surface area contributed by atoms with Gasteiger partial charge in [0.2, 0.25) is 17.7 Å². The van der Waals surface area contributed by atoms with Crippen LogP contribution in [-0.2, 0) is 20.9 Å². The minimum atomic E-state index is -0.638. The van der Waals surface area contributed by atoms with Gasteiger partial charge in [-0.1, -0.05) is 6.07 Å². The second-order valence-electron chi connectivity index (χ2n) is 9.09. The molecule has 0 bridgehead atoms. The van der Waals surface area contributed by atoms with Crippen molar-refractivity contribution in [2.75, 3.05) is 32.8 Å². The number of ether oxygens (including phenoxy) is 1. The van der Waals surface area contributed by atoms with Crippen molar-refractivity contribution in [3.05, 3.63) is 29.3 Å². The minimum Gasteiger partial charge on any atom is -0.493 e. The molecule has 1 aromatic carbocycles. The van der Waals surface area contributed by atoms with Crippen LogP contribution in [-0.4, -0.2) is 83.2 Å². The van der Waals surface area contributed by atoms with Gasteiger partial charge in [-0.05, 0) is 58.2 Å². The highest BCUT2D eigenvalue weighted by Gasteiger charge is 2.40. The van der Waals surface area contributed by atoms with Crippen molar-refractivity contribution in [3.8, 4) is 5.75 Å². The highest BCUT2D eigenvalue weighted by atomic mass is 16.5. The number of rotatable bonds is 9. The average Bonchev–Trinajstić information content (AvgIpc) is 3.43. The fourth-order valence-electron chi connectivity index (χ4n) is 5.26. The van der Waals surface area contributed by atoms with E-state index in [0.29, 0.717) is 30.9 Å². The van der Waals surface area contributed by atoms with Crippen molar-refractivity contribution in [1.82, 2.24) is 20.0 Å². The number of carbonyl (C=O) groups is 4. The molecule has 0 spiro atoms. The highest BCUT2D eigenvalue weighted by molar-refractivity contribution is 6.05. The van der Waals surface area contributed by atoms with Crippen molar-refractivity contribution < 1.29 is 23.9 Å². The Bertz CT molecular complexity index is 961. The summed E-state index contributed by atoms with van der Waals surface area (Å²) in [6.45, 7) is 7.97. The van der Waals surface area contributed by atoms with Crippen molar-refractivity contribution in [1.29, 1.82) is 0 Å². The summed E-state index contributed by atoms with van der Waals surface area (Å²) in [5.41, 5.74) is 1.33. The minimum absolute atomic E-state index is 0.0411. The summed E-state index contributed by atoms with van der Waals surface area (Å²) in [5, 5.41) is 2.33. The molecular formula is C25H34N4O5. The van der Waals surface area contributed by atoms with E-state index in [9.17, 15) is 19.2 Å². The van der Waals surface area contributed by atoms with Gasteiger partial charge in [0.1, 0.15) is 11.8 Å². The lowest BCUT2D eigenvalue weighted by atomic mass is 10.0. The number of amides is 4. The molecule has 4 rings (SSSR count). The second-order valence-corrected chi connectivity index (χ2v) is 9.09. The normalized spacial score (nSPS) is 22.6. The molecule has 0 aromatic heterocycles. The van der Waals surface area contributed by atoms with Gasteiger partial charge >= 0.3 is 0 Å². The predicted octanol–water partition coefficient (Wildman–Crippen LogP) is 1.55. The third kappa shape index (κ3) is 4.80. The van der Waals surface area contributed by atoms with Gasteiger partial charge in [0.05, 0.1) is 19.2 Å². The van der Waals surface area contributed by atoms with Gasteiger partial charge < -0.3 is 14.5 Å². The number of fused-ring (bicyclic) bond motifs is 1. The van der Waals surface area contributed by atoms with Gasteiger partial charge in [-0.3, -0.25) is 29.4 Å². The Morgan fingerprint density at radius 2 is 1.97 bits per heavy atom. The summed E-state index contributed by atoms with van der Waals surface area (Å²) in [6, 6.07) is 4.72. The monoisotopic (exact) mass is 470 g/mol. The summed E-state index contributed by atoms with van der Waals surface area (Å²) < 4.78 is 6.07. The lowest BCUT2D eigenvalue weighted by Crippen LogP contribution is -2.52. The van der Waals surface area contributed by atoms with Crippen molar-refractivity contribution >= 4 is 23.6 Å². The third-order valence-corrected chi connectivity index (χ3v) is 7.11. The molecule has 0 aliphatic carbocycles. The number of carbonyl (C=O) groups excluding carboxylic acids is 4. The average molecular weight is 471 g/mol. The van der Waals surface area contributed by atoms with Gasteiger partial charge in [-0.2, -0.15) is 0 Å². The molecule has 184 valence electrons. The standard InChI is InChI=1S/C25H34N4O5/c1-3-27(4-2)25(33)20-9-6-13-28(20)14-7-15-34-21-10-5-8-17-18(21)16-29(24(17)32)19-11-12-22(30)26-23(19)31/h5,8,10,19-20H,3-4,6-7,9,11-16H2,1-2H3,(H,26,30,31)/t19?,20-/m1/s1. The number of piperidine rings is 1. The van der Waals surface area contributed by atoms with Crippen molar-refractivity contribution in [2.45, 2.75) is 64.6 Å². The topological polar surface area (TPSA) is 99.3 Å². The SMILES string of the molecule is CCN(CC)C(=O)[C@H]1CCCN1CCCOc1cccc2c1CN(C1CCC(=O)NC1=O)C2=O. The van der Waals surface area contributed by atoms with Crippen LogP contribution < -0.4 is 10.1 Å². The summed E-state index contributed by atoms with van der Waals surface area (Å²) in [4.78, 5) is 55.2. The molecule has 34 heavy (non-hydrogen) atoms. The summed E-state index contributed by atoms with van der Waals surface area (Å²) in [5.74, 6) is -0.0493. The summed E-state index contributed by atoms with van der Waals surface area (Å²) >= 11 is 0. The van der Waals surface area contributed by atoms with E-state index in [-0.39, 0.29) is 30.2 Å². The van der Waals surface area contributed by atoms with Crippen LogP contribution in [0.25, 0.3) is 0 Å². The fraction of sp³-hybridized carbons (Fsp3) is 0.600. The van der Waals surface area contributed by atoms with E-state index in [4.69, 9.17) is 4.74 Å². The van der Waals surface area contributed by atoms with Crippen molar-refractivity contribution in [2.24, 2.45) is 0 Å². The Morgan fingerprint density at radius 1 is 1.18 bits per heavy atom. The van der Waals surface area contributed by atoms with Crippen LogP contribution in [0.4, 0.5) is 0 Å². The Hall–Kier alpha value is -2.94. The van der Waals surface area contributed by atoms with Gasteiger partial charge in [0.25, 0.3) is 5.91 Å². The van der Waals surface area contributed by atoms with E-state index in [2.05, 4.69) is 10.2 Å². The summed E-state index contributed by atoms with van der Waals surface area (Å²) in [7, 11) is 0. The van der Waals surface area contributed by atoms with Crippen LogP contribution in [0, 0.1) is 0 Å². The van der Waals surface area contributed by atoms with E-state index in [1.807, 2.05) is 24.8 Å². The van der Waals surface area contributed by atoms with Gasteiger partial charge in [-0.25, -0.2) is 0 Å². The first kappa shape index (κ1) is 24.2. The lowest BCUT2D eigenvalue weighted by Gasteiger charge is -2.29. The number of benzene rings is 1. The zero-order chi connectivity index (χ0) is 24.2. The molecule has 2 atom stereocenters. The van der Waals surface area contributed by atoms with E-state index in [0.717, 1.165) is 51.0 Å². The number of imide groups is 1. The van der Waals surface area contributed by atoms with E-state index in [1.165, 1.54) is 4.90 Å². The van der Waals surface area contributed by atoms with Gasteiger partial charge in [-0.15, -0.1) is 0 Å². The number of nitrogens with one attached hydrogen (secondary N) is 1. The molecular weight excluding hydrogens is 436 g/mol. The molecule has 4 amide bonds. The van der Waals surface area contributed by atoms with Crippen LogP contribution in [0.3, 0.4) is 0 Å². The van der Waals surface area contributed by atoms with Gasteiger partial charge in [0.15, 0.2) is 0 Å². The molecule has 2 fully saturated rings. The number of likely N-dealkylation sites (N-methyl/N-ethyl adjacent to an activating group) is 1. The maximum atomic E-state index is 12.9. The number of likely N-dealkylation sites (tertiary alicyclic amines) is 1. The first-order valence-corrected chi connectivity index (χ1v) is 12.4. The molecule has 9 heteroatoms. The highest BCUT2D eigenvalue weighted by Crippen LogP contribution is 2.33. The van der Waals surface area contributed by atoms with Crippen LogP contribution in [0.1, 0.15) is 61.9 Å². The molecule has 1 N–H and O–H groups in total. The van der Waals surface area contributed by atoms with Crippen LogP contribution in [0.15, 0.2) is 18.2 Å². The molecule has 3 heterocycles. The van der Waals surface area contributed by atoms with E-state index < -0.39 is 11.9 Å². The zero-order valence-corrected chi connectivity index (χ0v) is 20.0. The molecule has 1 aromatic rings. The number of nitrogens with zero attached hydrogens (tertiary/aromatic N) is 3. The zero-order valence-electron chi connectivity index (χ0n) is 20.0. The predicted molar refractivity (Wildman–Crippen MR) is 125 cm³/mol.